The van der Waals surface area contributed by atoms with Crippen molar-refractivity contribution in [1.29, 1.82) is 0 Å². The molecule has 0 N–H and O–H groups in total. The maximum Gasteiger partial charge on any atom is 0.0714 e. The highest BCUT2D eigenvalue weighted by molar-refractivity contribution is 6.06. The Balaban J connectivity index is 1.30. The van der Waals surface area contributed by atoms with Crippen LogP contribution in [0, 0.1) is 13.8 Å². The van der Waals surface area contributed by atoms with Crippen LogP contribution in [0.3, 0.4) is 0 Å². The Morgan fingerprint density at radius 1 is 0.439 bits per heavy atom. The Hall–Kier alpha value is -6.18. The molecule has 278 valence electrons. The topological polar surface area (TPSA) is 3.24 Å². The molecule has 8 aromatic carbocycles. The maximum atomic E-state index is 2.59. The third-order valence-electron chi connectivity index (χ3n) is 13.1. The minimum Gasteiger partial charge on any atom is -0.311 e. The van der Waals surface area contributed by atoms with Gasteiger partial charge in [0.1, 0.15) is 0 Å². The molecule has 2 aliphatic rings. The number of aryl methyl sites for hydroxylation is 2. The second-order valence-corrected chi connectivity index (χ2v) is 17.9. The van der Waals surface area contributed by atoms with E-state index in [1.165, 1.54) is 83.1 Å². The van der Waals surface area contributed by atoms with Crippen LogP contribution < -0.4 is 4.90 Å². The Bertz CT molecular complexity index is 2800. The average Bonchev–Trinajstić information content (AvgIpc) is 3.62. The number of anilines is 3. The third kappa shape index (κ3) is 5.21. The minimum atomic E-state index is -0.564. The number of para-hydroxylation sites is 2. The predicted octanol–water partition coefficient (Wildman–Crippen LogP) is 14.9. The minimum absolute atomic E-state index is 0.0399. The van der Waals surface area contributed by atoms with Gasteiger partial charge in [-0.05, 0) is 145 Å². The van der Waals surface area contributed by atoms with E-state index in [-0.39, 0.29) is 10.8 Å². The van der Waals surface area contributed by atoms with Crippen LogP contribution in [0.2, 0.25) is 0 Å². The van der Waals surface area contributed by atoms with Gasteiger partial charge in [-0.15, -0.1) is 0 Å². The van der Waals surface area contributed by atoms with Crippen molar-refractivity contribution in [2.45, 2.75) is 64.7 Å². The summed E-state index contributed by atoms with van der Waals surface area (Å²) in [4.78, 5) is 2.36. The maximum absolute atomic E-state index is 2.59. The number of benzene rings is 8. The van der Waals surface area contributed by atoms with Gasteiger partial charge in [0.25, 0.3) is 0 Å². The van der Waals surface area contributed by atoms with E-state index in [1.54, 1.807) is 0 Å². The van der Waals surface area contributed by atoms with Crippen molar-refractivity contribution in [2.24, 2.45) is 0 Å². The van der Waals surface area contributed by atoms with Gasteiger partial charge >= 0.3 is 0 Å². The largest absolute Gasteiger partial charge is 0.311 e. The number of nitrogens with zero attached hydrogens (tertiary/aromatic N) is 1. The van der Waals surface area contributed by atoms with E-state index in [0.29, 0.717) is 0 Å². The first-order valence-corrected chi connectivity index (χ1v) is 20.4. The van der Waals surface area contributed by atoms with Crippen molar-refractivity contribution in [3.05, 3.63) is 220 Å². The first kappa shape index (κ1) is 35.2. The lowest BCUT2D eigenvalue weighted by Gasteiger charge is -2.35. The highest BCUT2D eigenvalue weighted by atomic mass is 15.1. The van der Waals surface area contributed by atoms with E-state index in [9.17, 15) is 0 Å². The molecule has 0 bridgehead atoms. The van der Waals surface area contributed by atoms with Crippen molar-refractivity contribution in [1.82, 2.24) is 0 Å². The summed E-state index contributed by atoms with van der Waals surface area (Å²) in [6, 6.07) is 64.3. The SMILES string of the molecule is Cc1ccc2c(c1)C(C)(C)c1cc3c(cc1-2)C(c1ccc(N(c2ccccc2)c2ccccc2)cc1)(c1ccc(C(C)(C)C)cc1)c1cc(C)c2ccccc2c1-3. The van der Waals surface area contributed by atoms with E-state index >= 15 is 0 Å². The van der Waals surface area contributed by atoms with E-state index in [2.05, 4.69) is 223 Å². The standard InChI is InChI=1S/C56H49N/c1-36-22-31-45-47-34-51-48(35-50(47)55(6,7)49(45)32-36)53-46-21-15-14-20-44(46)37(2)33-52(53)56(51,39-25-23-38(24-26-39)54(3,4)5)40-27-29-43(30-28-40)57(41-16-10-8-11-17-41)42-18-12-9-13-19-42/h8-35H,1-7H3. The molecule has 1 nitrogen and oxygen atoms in total. The molecule has 0 aliphatic heterocycles. The zero-order valence-electron chi connectivity index (χ0n) is 34.1. The van der Waals surface area contributed by atoms with Gasteiger partial charge < -0.3 is 4.90 Å². The van der Waals surface area contributed by atoms with E-state index in [1.807, 2.05) is 0 Å². The first-order valence-electron chi connectivity index (χ1n) is 20.4. The van der Waals surface area contributed by atoms with Crippen molar-refractivity contribution < 1.29 is 0 Å². The molecule has 0 aromatic heterocycles. The van der Waals surface area contributed by atoms with Crippen LogP contribution in [0.25, 0.3) is 33.0 Å². The van der Waals surface area contributed by atoms with Crippen LogP contribution in [0.1, 0.15) is 84.7 Å². The zero-order chi connectivity index (χ0) is 39.3. The van der Waals surface area contributed by atoms with Crippen molar-refractivity contribution in [3.8, 4) is 22.3 Å². The summed E-state index contributed by atoms with van der Waals surface area (Å²) in [6.45, 7) is 16.3. The molecule has 0 amide bonds. The molecule has 1 heteroatoms. The number of fused-ring (bicyclic) bond motifs is 8. The fourth-order valence-corrected chi connectivity index (χ4v) is 10.2. The Kier molecular flexibility index (Phi) is 7.83. The van der Waals surface area contributed by atoms with Gasteiger partial charge in [-0.3, -0.25) is 0 Å². The fourth-order valence-electron chi connectivity index (χ4n) is 10.2. The number of rotatable bonds is 5. The van der Waals surface area contributed by atoms with Gasteiger partial charge in [-0.2, -0.15) is 0 Å². The molecular weight excluding hydrogens is 687 g/mol. The lowest BCUT2D eigenvalue weighted by molar-refractivity contribution is 0.589. The van der Waals surface area contributed by atoms with Crippen molar-refractivity contribution >= 4 is 27.8 Å². The molecule has 0 heterocycles. The Morgan fingerprint density at radius 3 is 1.58 bits per heavy atom. The van der Waals surface area contributed by atoms with Crippen LogP contribution in [0.15, 0.2) is 170 Å². The number of hydrogen-bond donors (Lipinski definition) is 0. The molecule has 0 saturated carbocycles. The summed E-state index contributed by atoms with van der Waals surface area (Å²) in [6.07, 6.45) is 0. The summed E-state index contributed by atoms with van der Waals surface area (Å²) >= 11 is 0. The quantitative estimate of drug-likeness (QED) is 0.170. The van der Waals surface area contributed by atoms with Crippen LogP contribution in [-0.4, -0.2) is 0 Å². The van der Waals surface area contributed by atoms with Gasteiger partial charge in [0, 0.05) is 22.5 Å². The van der Waals surface area contributed by atoms with Crippen LogP contribution in [-0.2, 0) is 16.2 Å². The molecule has 57 heavy (non-hydrogen) atoms. The van der Waals surface area contributed by atoms with E-state index in [0.717, 1.165) is 17.1 Å². The summed E-state index contributed by atoms with van der Waals surface area (Å²) in [5.74, 6) is 0. The van der Waals surface area contributed by atoms with Gasteiger partial charge in [-0.1, -0.05) is 162 Å². The average molecular weight is 736 g/mol. The summed E-state index contributed by atoms with van der Waals surface area (Å²) in [5, 5.41) is 2.64. The Morgan fingerprint density at radius 2 is 0.965 bits per heavy atom. The molecule has 2 aliphatic carbocycles. The second-order valence-electron chi connectivity index (χ2n) is 17.9. The summed E-state index contributed by atoms with van der Waals surface area (Å²) < 4.78 is 0. The first-order chi connectivity index (χ1) is 27.5. The van der Waals surface area contributed by atoms with E-state index in [4.69, 9.17) is 0 Å². The highest BCUT2D eigenvalue weighted by Crippen LogP contribution is 2.62. The van der Waals surface area contributed by atoms with Gasteiger partial charge in [0.05, 0.1) is 5.41 Å². The summed E-state index contributed by atoms with van der Waals surface area (Å²) in [5.41, 5.74) is 20.2. The molecule has 0 fully saturated rings. The Labute approximate surface area is 338 Å². The van der Waals surface area contributed by atoms with Crippen LogP contribution >= 0.6 is 0 Å². The lowest BCUT2D eigenvalue weighted by Crippen LogP contribution is -2.29. The van der Waals surface area contributed by atoms with E-state index < -0.39 is 5.41 Å². The van der Waals surface area contributed by atoms with Crippen LogP contribution in [0.4, 0.5) is 17.1 Å². The van der Waals surface area contributed by atoms with Crippen LogP contribution in [0.5, 0.6) is 0 Å². The van der Waals surface area contributed by atoms with Gasteiger partial charge in [0.2, 0.25) is 0 Å². The fraction of sp³-hybridized carbons (Fsp3) is 0.179. The molecule has 0 spiro atoms. The predicted molar refractivity (Wildman–Crippen MR) is 242 cm³/mol. The molecule has 0 radical (unpaired) electrons. The van der Waals surface area contributed by atoms with Crippen molar-refractivity contribution in [3.63, 3.8) is 0 Å². The number of hydrogen-bond acceptors (Lipinski definition) is 1. The van der Waals surface area contributed by atoms with Gasteiger partial charge in [-0.25, -0.2) is 0 Å². The van der Waals surface area contributed by atoms with Gasteiger partial charge in [0.15, 0.2) is 0 Å². The smallest absolute Gasteiger partial charge is 0.0714 e. The highest BCUT2D eigenvalue weighted by Gasteiger charge is 2.49. The summed E-state index contributed by atoms with van der Waals surface area (Å²) in [7, 11) is 0. The molecule has 1 unspecified atom stereocenters. The van der Waals surface area contributed by atoms with Crippen molar-refractivity contribution in [2.75, 3.05) is 4.90 Å². The normalized spacial score (nSPS) is 16.2. The molecule has 0 saturated heterocycles. The molecular formula is C56H49N. The molecule has 10 rings (SSSR count). The zero-order valence-corrected chi connectivity index (χ0v) is 34.1. The molecule has 1 atom stereocenters. The lowest BCUT2D eigenvalue weighted by atomic mass is 9.66. The molecule has 8 aromatic rings. The second kappa shape index (κ2) is 12.7. The monoisotopic (exact) mass is 735 g/mol. The third-order valence-corrected chi connectivity index (χ3v) is 13.1.